The summed E-state index contributed by atoms with van der Waals surface area (Å²) in [4.78, 5) is 0. The van der Waals surface area contributed by atoms with Crippen molar-refractivity contribution in [3.05, 3.63) is 0 Å². The van der Waals surface area contributed by atoms with Gasteiger partial charge in [-0.1, -0.05) is 0 Å². The Hall–Kier alpha value is 3.17. The van der Waals surface area contributed by atoms with Crippen LogP contribution in [0.3, 0.4) is 0 Å². The fourth-order valence-corrected chi connectivity index (χ4v) is 0. The first-order valence-electron chi connectivity index (χ1n) is 0. The van der Waals surface area contributed by atoms with Crippen molar-refractivity contribution in [1.82, 2.24) is 0 Å². The maximum absolute atomic E-state index is 0. The van der Waals surface area contributed by atoms with Gasteiger partial charge in [-0.15, -0.1) is 0 Å². The molecule has 0 spiro atoms. The molecular weight excluding hydrogens is 381 g/mol. The normalized spacial score (nSPS) is 0. The minimum Gasteiger partial charge on any atom is 0 e. The Morgan fingerprint density at radius 1 is 0.800 bits per heavy atom. The van der Waals surface area contributed by atoms with Crippen LogP contribution in [0.1, 0.15) is 0 Å². The molecule has 0 saturated heterocycles. The first-order valence-corrected chi connectivity index (χ1v) is 0. The summed E-state index contributed by atoms with van der Waals surface area (Å²) in [5, 5.41) is 0. The second kappa shape index (κ2) is 27.2. The average molecular weight is 384 g/mol. The zero-order chi connectivity index (χ0) is 0. The van der Waals surface area contributed by atoms with Gasteiger partial charge in [0.2, 0.25) is 0 Å². The number of hydrogen-bond acceptors (Lipinski definition) is 0. The van der Waals surface area contributed by atoms with E-state index in [0.29, 0.717) is 0 Å². The molecule has 0 aliphatic rings. The van der Waals surface area contributed by atoms with Crippen LogP contribution in [0.5, 0.6) is 0 Å². The summed E-state index contributed by atoms with van der Waals surface area (Å²) >= 11 is 0. The molecule has 0 aliphatic carbocycles. The van der Waals surface area contributed by atoms with Crippen molar-refractivity contribution in [2.75, 3.05) is 0 Å². The van der Waals surface area contributed by atoms with Crippen molar-refractivity contribution in [3.63, 3.8) is 0 Å². The molecule has 1 radical (unpaired) electrons. The molecule has 0 aromatic heterocycles. The van der Waals surface area contributed by atoms with E-state index in [2.05, 4.69) is 0 Å². The Labute approximate surface area is 97.2 Å². The van der Waals surface area contributed by atoms with Gasteiger partial charge in [0.1, 0.15) is 0 Å². The van der Waals surface area contributed by atoms with Gasteiger partial charge in [-0.2, -0.15) is 0 Å². The molecule has 5 heavy (non-hydrogen) atoms. The first kappa shape index (κ1) is 41.8. The van der Waals surface area contributed by atoms with Crippen molar-refractivity contribution in [2.24, 2.45) is 0 Å². The summed E-state index contributed by atoms with van der Waals surface area (Å²) in [5.41, 5.74) is 0. The van der Waals surface area contributed by atoms with Crippen LogP contribution in [-0.2, 0) is 81.6 Å². The van der Waals surface area contributed by atoms with E-state index in [9.17, 15) is 0 Å². The van der Waals surface area contributed by atoms with Gasteiger partial charge in [0.05, 0.1) is 0 Å². The molecule has 0 fully saturated rings. The van der Waals surface area contributed by atoms with Gasteiger partial charge in [0.25, 0.3) is 0 Å². The molecule has 0 N–H and O–H groups in total. The number of hydrogen-bond donors (Lipinski definition) is 0. The summed E-state index contributed by atoms with van der Waals surface area (Å²) in [7, 11) is 0. The Morgan fingerprint density at radius 3 is 0.800 bits per heavy atom. The van der Waals surface area contributed by atoms with Crippen LogP contribution < -0.4 is 0 Å². The zero-order valence-electron chi connectivity index (χ0n) is 1.62. The van der Waals surface area contributed by atoms with Gasteiger partial charge in [-0.3, -0.25) is 0 Å². The second-order valence-electron chi connectivity index (χ2n) is 0. The summed E-state index contributed by atoms with van der Waals surface area (Å²) in [6, 6.07) is 0. The fraction of sp³-hybridized carbons (Fsp3) is 0. The van der Waals surface area contributed by atoms with Crippen LogP contribution >= 0.6 is 0 Å². The molecule has 0 nitrogen and oxygen atoms in total. The van der Waals surface area contributed by atoms with Gasteiger partial charge in [-0.25, -0.2) is 0 Å². The van der Waals surface area contributed by atoms with E-state index in [4.69, 9.17) is 0 Å². The Kier molecular flexibility index (Phi) is 227. The fourth-order valence-electron chi connectivity index (χ4n) is 0. The molecule has 0 saturated carbocycles. The molecule has 0 atom stereocenters. The van der Waals surface area contributed by atoms with Crippen LogP contribution in [0.2, 0.25) is 0 Å². The molecule has 0 heterocycles. The molecular formula is H3AlCuPtTi2. The molecule has 0 aromatic rings. The zero-order valence-corrected chi connectivity index (χ0v) is 7.95. The van der Waals surface area contributed by atoms with Gasteiger partial charge < -0.3 is 0 Å². The van der Waals surface area contributed by atoms with Crippen molar-refractivity contribution in [3.8, 4) is 0 Å². The van der Waals surface area contributed by atoms with E-state index in [-0.39, 0.29) is 98.9 Å². The first-order chi connectivity index (χ1) is 0. The predicted octanol–water partition coefficient (Wildman–Crippen LogP) is -1.19. The molecule has 0 aliphatic heterocycles. The smallest absolute Gasteiger partial charge is 0 e. The van der Waals surface area contributed by atoms with Crippen LogP contribution in [0.4, 0.5) is 0 Å². The topological polar surface area (TPSA) is 0 Å². The standard InChI is InChI=1S/Al.Cu.Pt.2Ti.3H. The SMILES string of the molecule is [AlH3].[Cu].[Pt].[Ti].[Ti]. The van der Waals surface area contributed by atoms with E-state index < -0.39 is 0 Å². The van der Waals surface area contributed by atoms with Gasteiger partial charge in [-0.05, 0) is 0 Å². The molecule has 0 bridgehead atoms. The minimum absolute atomic E-state index is 0. The quantitative estimate of drug-likeness (QED) is 0.461. The summed E-state index contributed by atoms with van der Waals surface area (Å²) < 4.78 is 0. The van der Waals surface area contributed by atoms with Crippen LogP contribution in [0, 0.1) is 0 Å². The molecule has 5 heteroatoms. The van der Waals surface area contributed by atoms with E-state index in [1.165, 1.54) is 0 Å². The summed E-state index contributed by atoms with van der Waals surface area (Å²) in [6.07, 6.45) is 0. The third kappa shape index (κ3) is 19.1. The average Bonchev–Trinajstić information content (AvgIpc) is 0. The third-order valence-corrected chi connectivity index (χ3v) is 0. The maximum atomic E-state index is 0. The van der Waals surface area contributed by atoms with Crippen LogP contribution in [0.15, 0.2) is 0 Å². The van der Waals surface area contributed by atoms with Crippen molar-refractivity contribution < 1.29 is 81.6 Å². The van der Waals surface area contributed by atoms with Crippen molar-refractivity contribution in [1.29, 1.82) is 0 Å². The molecule has 35 valence electrons. The Morgan fingerprint density at radius 2 is 0.800 bits per heavy atom. The molecule has 0 aromatic carbocycles. The predicted molar refractivity (Wildman–Crippen MR) is 9.94 cm³/mol. The molecule has 0 rings (SSSR count). The largest absolute Gasteiger partial charge is 0.187 e. The molecule has 0 unspecified atom stereocenters. The monoisotopic (exact) mass is 384 g/mol. The van der Waals surface area contributed by atoms with E-state index in [1.54, 1.807) is 0 Å². The van der Waals surface area contributed by atoms with Gasteiger partial charge >= 0.3 is 0 Å². The third-order valence-electron chi connectivity index (χ3n) is 0. The summed E-state index contributed by atoms with van der Waals surface area (Å²) in [5.74, 6) is 0. The van der Waals surface area contributed by atoms with Crippen molar-refractivity contribution >= 4 is 17.4 Å². The van der Waals surface area contributed by atoms with E-state index in [1.807, 2.05) is 0 Å². The summed E-state index contributed by atoms with van der Waals surface area (Å²) in [6.45, 7) is 0. The van der Waals surface area contributed by atoms with Crippen molar-refractivity contribution in [2.45, 2.75) is 0 Å². The van der Waals surface area contributed by atoms with Crippen LogP contribution in [0.25, 0.3) is 0 Å². The maximum Gasteiger partial charge on any atom is 0.187 e. The second-order valence-corrected chi connectivity index (χ2v) is 0. The Balaban J connectivity index is 0. The Bertz CT molecular complexity index is 9.61. The van der Waals surface area contributed by atoms with E-state index >= 15 is 0 Å². The minimum atomic E-state index is 0. The van der Waals surface area contributed by atoms with Crippen LogP contribution in [-0.4, -0.2) is 17.4 Å². The van der Waals surface area contributed by atoms with Gasteiger partial charge in [0.15, 0.2) is 17.4 Å². The molecule has 0 amide bonds. The van der Waals surface area contributed by atoms with Gasteiger partial charge in [0, 0.05) is 81.6 Å². The van der Waals surface area contributed by atoms with E-state index in [0.717, 1.165) is 0 Å². The number of rotatable bonds is 0.